The minimum absolute atomic E-state index is 0.0859. The highest BCUT2D eigenvalue weighted by Crippen LogP contribution is 2.24. The molecule has 15 heteroatoms. The molecule has 12 nitrogen and oxygen atoms in total. The number of hydrogen-bond acceptors (Lipinski definition) is 11. The van der Waals surface area contributed by atoms with E-state index in [2.05, 4.69) is 28.6 Å². The number of esters is 2. The van der Waals surface area contributed by atoms with Crippen LogP contribution in [0.5, 0.6) is 0 Å². The van der Waals surface area contributed by atoms with Gasteiger partial charge in [0.2, 0.25) is 0 Å². The van der Waals surface area contributed by atoms with E-state index in [4.69, 9.17) is 26.2 Å². The Morgan fingerprint density at radius 2 is 1.81 bits per heavy atom. The Hall–Kier alpha value is -3.31. The molecular weight excluding hydrogens is 617 g/mol. The van der Waals surface area contributed by atoms with E-state index < -0.39 is 43.5 Å². The zero-order chi connectivity index (χ0) is 32.5. The van der Waals surface area contributed by atoms with Gasteiger partial charge in [-0.1, -0.05) is 36.0 Å². The van der Waals surface area contributed by atoms with Crippen molar-refractivity contribution in [1.29, 1.82) is 0 Å². The molecule has 0 bridgehead atoms. The number of rotatable bonds is 17. The molecule has 1 rings (SSSR count). The fraction of sp³-hybridized carbons (Fsp3) is 0.536. The second-order valence-corrected chi connectivity index (χ2v) is 14.2. The fourth-order valence-corrected chi connectivity index (χ4v) is 5.94. The van der Waals surface area contributed by atoms with Gasteiger partial charge in [-0.25, -0.2) is 18.0 Å². The lowest BCUT2D eigenvalue weighted by atomic mass is 10.2. The third kappa shape index (κ3) is 14.6. The number of azide groups is 1. The van der Waals surface area contributed by atoms with Crippen LogP contribution in [0.15, 0.2) is 46.4 Å². The molecule has 2 atom stereocenters. The summed E-state index contributed by atoms with van der Waals surface area (Å²) in [6.45, 7) is 6.60. The summed E-state index contributed by atoms with van der Waals surface area (Å²) in [5.74, 6) is 1.04. The number of amides is 1. The number of carbonyl (C=O) groups is 3. The molecule has 0 heterocycles. The molecule has 0 saturated carbocycles. The Morgan fingerprint density at radius 1 is 1.16 bits per heavy atom. The number of thioether (sulfide) groups is 1. The van der Waals surface area contributed by atoms with Gasteiger partial charge in [-0.05, 0) is 70.3 Å². The van der Waals surface area contributed by atoms with Crippen molar-refractivity contribution in [2.75, 3.05) is 26.3 Å². The summed E-state index contributed by atoms with van der Waals surface area (Å²) in [6.07, 6.45) is 10.2. The summed E-state index contributed by atoms with van der Waals surface area (Å²) in [4.78, 5) is 39.7. The summed E-state index contributed by atoms with van der Waals surface area (Å²) in [5.41, 5.74) is 7.37. The second kappa shape index (κ2) is 19.1. The predicted octanol–water partition coefficient (Wildman–Crippen LogP) is 5.75. The summed E-state index contributed by atoms with van der Waals surface area (Å²) in [6, 6.07) is 4.86. The van der Waals surface area contributed by atoms with Gasteiger partial charge < -0.3 is 14.2 Å². The van der Waals surface area contributed by atoms with E-state index in [0.717, 1.165) is 19.3 Å². The molecule has 0 saturated heterocycles. The van der Waals surface area contributed by atoms with Gasteiger partial charge in [-0.15, -0.1) is 18.2 Å². The third-order valence-electron chi connectivity index (χ3n) is 5.27. The number of carbonyl (C=O) groups excluding carboxylic acids is 3. The highest BCUT2D eigenvalue weighted by atomic mass is 32.2. The largest absolute Gasteiger partial charge is 0.465 e. The normalized spacial score (nSPS) is 12.8. The highest BCUT2D eigenvalue weighted by Gasteiger charge is 2.32. The van der Waals surface area contributed by atoms with E-state index >= 15 is 0 Å². The first-order valence-electron chi connectivity index (χ1n) is 13.4. The SMILES string of the molecule is C#CCOC(=O)c1ccc(S(=O)(=O)N(C/C=C/C(S)SC(C)C(=O)OCCCCCCN=[N+]=[N-])C(=O)OC(C)(C)C)cc1. The standard InChI is InChI=1S/C28H38N4O8S3/c1-6-19-38-26(34)22-13-15-23(16-14-22)43(36,37)32(27(35)40-28(3,4)5)18-11-12-24(41)42-21(2)25(33)39-20-10-8-7-9-17-30-31-29/h1,11-16,21,24,41H,7-10,17-20H2,2-5H3/b12-11+. The number of ether oxygens (including phenoxy) is 3. The Labute approximate surface area is 263 Å². The van der Waals surface area contributed by atoms with E-state index in [1.165, 1.54) is 42.1 Å². The lowest BCUT2D eigenvalue weighted by Gasteiger charge is -2.26. The molecule has 0 N–H and O–H groups in total. The molecule has 0 aromatic heterocycles. The minimum Gasteiger partial charge on any atom is -0.465 e. The second-order valence-electron chi connectivity index (χ2n) is 9.95. The van der Waals surface area contributed by atoms with Crippen LogP contribution in [0.3, 0.4) is 0 Å². The third-order valence-corrected chi connectivity index (χ3v) is 8.59. The first kappa shape index (κ1) is 37.7. The van der Waals surface area contributed by atoms with Crippen molar-refractivity contribution in [3.05, 3.63) is 52.4 Å². The van der Waals surface area contributed by atoms with Gasteiger partial charge in [0.1, 0.15) is 10.9 Å². The van der Waals surface area contributed by atoms with Gasteiger partial charge >= 0.3 is 18.0 Å². The predicted molar refractivity (Wildman–Crippen MR) is 168 cm³/mol. The lowest BCUT2D eigenvalue weighted by molar-refractivity contribution is -0.142. The van der Waals surface area contributed by atoms with Crippen molar-refractivity contribution >= 4 is 52.4 Å². The van der Waals surface area contributed by atoms with E-state index in [0.29, 0.717) is 17.3 Å². The lowest BCUT2D eigenvalue weighted by Crippen LogP contribution is -2.41. The maximum atomic E-state index is 13.4. The first-order chi connectivity index (χ1) is 20.2. The highest BCUT2D eigenvalue weighted by molar-refractivity contribution is 8.11. The number of hydrogen-bond donors (Lipinski definition) is 1. The van der Waals surface area contributed by atoms with Gasteiger partial charge in [0.15, 0.2) is 6.61 Å². The molecule has 0 spiro atoms. The zero-order valence-electron chi connectivity index (χ0n) is 24.7. The molecule has 2 unspecified atom stereocenters. The molecule has 1 aromatic rings. The summed E-state index contributed by atoms with van der Waals surface area (Å²) in [5, 5.41) is 2.92. The molecule has 0 fully saturated rings. The van der Waals surface area contributed by atoms with Crippen LogP contribution in [0.25, 0.3) is 10.4 Å². The van der Waals surface area contributed by atoms with Gasteiger partial charge in [0, 0.05) is 11.5 Å². The van der Waals surface area contributed by atoms with Crippen LogP contribution >= 0.6 is 24.4 Å². The number of nitrogens with zero attached hydrogens (tertiary/aromatic N) is 4. The summed E-state index contributed by atoms with van der Waals surface area (Å²) in [7, 11) is -4.39. The molecule has 0 radical (unpaired) electrons. The van der Waals surface area contributed by atoms with Crippen LogP contribution < -0.4 is 0 Å². The van der Waals surface area contributed by atoms with Gasteiger partial charge in [-0.3, -0.25) is 4.79 Å². The fourth-order valence-electron chi connectivity index (χ4n) is 3.22. The minimum atomic E-state index is -4.39. The van der Waals surface area contributed by atoms with Crippen LogP contribution in [0.1, 0.15) is 63.7 Å². The molecular formula is C28H38N4O8S3. The summed E-state index contributed by atoms with van der Waals surface area (Å²) >= 11 is 5.63. The Bertz CT molecular complexity index is 1300. The molecule has 0 aliphatic rings. The average molecular weight is 655 g/mol. The van der Waals surface area contributed by atoms with E-state index in [1.807, 2.05) is 0 Å². The smallest absolute Gasteiger partial charge is 0.424 e. The first-order valence-corrected chi connectivity index (χ1v) is 16.3. The average Bonchev–Trinajstić information content (AvgIpc) is 2.94. The number of unbranched alkanes of at least 4 members (excludes halogenated alkanes) is 3. The van der Waals surface area contributed by atoms with Crippen LogP contribution in [0.4, 0.5) is 4.79 Å². The van der Waals surface area contributed by atoms with E-state index in [1.54, 1.807) is 33.8 Å². The zero-order valence-corrected chi connectivity index (χ0v) is 27.2. The van der Waals surface area contributed by atoms with Gasteiger partial charge in [0.25, 0.3) is 10.0 Å². The van der Waals surface area contributed by atoms with Crippen LogP contribution in [-0.4, -0.2) is 72.5 Å². The van der Waals surface area contributed by atoms with E-state index in [9.17, 15) is 22.8 Å². The van der Waals surface area contributed by atoms with Crippen molar-refractivity contribution in [1.82, 2.24) is 4.31 Å². The van der Waals surface area contributed by atoms with Crippen LogP contribution in [-0.2, 0) is 29.0 Å². The van der Waals surface area contributed by atoms with Crippen molar-refractivity contribution in [3.8, 4) is 12.3 Å². The number of benzene rings is 1. The quantitative estimate of drug-likeness (QED) is 0.0210. The molecule has 0 aliphatic heterocycles. The van der Waals surface area contributed by atoms with E-state index in [-0.39, 0.29) is 30.2 Å². The monoisotopic (exact) mass is 654 g/mol. The topological polar surface area (TPSA) is 165 Å². The number of sulfonamides is 1. The Balaban J connectivity index is 2.84. The molecule has 0 aliphatic carbocycles. The van der Waals surface area contributed by atoms with Gasteiger partial charge in [-0.2, -0.15) is 16.9 Å². The maximum Gasteiger partial charge on any atom is 0.424 e. The van der Waals surface area contributed by atoms with Crippen molar-refractivity contribution in [3.63, 3.8) is 0 Å². The number of thiol groups is 1. The van der Waals surface area contributed by atoms with Crippen molar-refractivity contribution in [2.24, 2.45) is 5.11 Å². The number of terminal acetylenes is 1. The molecule has 43 heavy (non-hydrogen) atoms. The van der Waals surface area contributed by atoms with Crippen molar-refractivity contribution in [2.45, 2.75) is 73.7 Å². The molecule has 1 aromatic carbocycles. The Morgan fingerprint density at radius 3 is 2.42 bits per heavy atom. The molecule has 1 amide bonds. The molecule has 236 valence electrons. The summed E-state index contributed by atoms with van der Waals surface area (Å²) < 4.78 is 42.3. The van der Waals surface area contributed by atoms with Crippen LogP contribution in [0.2, 0.25) is 0 Å². The Kier molecular flexibility index (Phi) is 16.7. The van der Waals surface area contributed by atoms with Crippen molar-refractivity contribution < 1.29 is 37.0 Å². The van der Waals surface area contributed by atoms with Crippen LogP contribution in [0, 0.1) is 12.3 Å². The van der Waals surface area contributed by atoms with Gasteiger partial charge in [0.05, 0.1) is 28.2 Å². The maximum absolute atomic E-state index is 13.4.